The number of anilines is 2. The van der Waals surface area contributed by atoms with E-state index < -0.39 is 10.1 Å². The highest BCUT2D eigenvalue weighted by atomic mass is 32.2. The lowest BCUT2D eigenvalue weighted by Gasteiger charge is -2.12. The second-order valence-corrected chi connectivity index (χ2v) is 10.4. The minimum atomic E-state index is -4.52. The third kappa shape index (κ3) is 13.7. The Hall–Kier alpha value is -1.93. The molecule has 7 nitrogen and oxygen atoms in total. The van der Waals surface area contributed by atoms with E-state index in [1.807, 2.05) is 0 Å². The molecule has 0 saturated carbocycles. The fourth-order valence-electron chi connectivity index (χ4n) is 3.85. The number of carbonyl (C=O) groups excluding carboxylic acids is 2. The molecule has 0 aliphatic heterocycles. The summed E-state index contributed by atoms with van der Waals surface area (Å²) in [5, 5.41) is 5.34. The minimum Gasteiger partial charge on any atom is -0.326 e. The van der Waals surface area contributed by atoms with Gasteiger partial charge in [-0.2, -0.15) is 8.42 Å². The summed E-state index contributed by atoms with van der Waals surface area (Å²) in [6.07, 6.45) is 16.0. The molecule has 0 spiro atoms. The lowest BCUT2D eigenvalue weighted by Crippen LogP contribution is -2.16. The molecule has 0 atom stereocenters. The van der Waals surface area contributed by atoms with Gasteiger partial charge < -0.3 is 10.6 Å². The number of amides is 2. The van der Waals surface area contributed by atoms with Gasteiger partial charge in [0.05, 0.1) is 5.69 Å². The Morgan fingerprint density at radius 3 is 1.62 bits per heavy atom. The first-order valence-electron chi connectivity index (χ1n) is 13.0. The van der Waals surface area contributed by atoms with Crippen molar-refractivity contribution in [2.75, 3.05) is 10.6 Å². The maximum absolute atomic E-state index is 12.4. The molecular weight excluding hydrogens is 452 g/mol. The van der Waals surface area contributed by atoms with Crippen molar-refractivity contribution >= 4 is 33.3 Å². The molecule has 0 bridgehead atoms. The summed E-state index contributed by atoms with van der Waals surface area (Å²) in [4.78, 5) is 24.2. The molecule has 8 heteroatoms. The highest BCUT2D eigenvalue weighted by Gasteiger charge is 2.18. The Morgan fingerprint density at radius 1 is 0.706 bits per heavy atom. The zero-order valence-corrected chi connectivity index (χ0v) is 21.9. The molecule has 194 valence electrons. The third-order valence-electron chi connectivity index (χ3n) is 5.83. The van der Waals surface area contributed by atoms with Crippen LogP contribution in [0.2, 0.25) is 0 Å². The molecule has 2 amide bonds. The van der Waals surface area contributed by atoms with Crippen LogP contribution >= 0.6 is 0 Å². The molecule has 34 heavy (non-hydrogen) atoms. The van der Waals surface area contributed by atoms with Gasteiger partial charge in [-0.05, 0) is 31.0 Å². The molecule has 0 aliphatic rings. The summed E-state index contributed by atoms with van der Waals surface area (Å²) in [6, 6.07) is 3.99. The van der Waals surface area contributed by atoms with Crippen LogP contribution in [-0.4, -0.2) is 24.8 Å². The van der Waals surface area contributed by atoms with E-state index in [9.17, 15) is 22.6 Å². The van der Waals surface area contributed by atoms with Crippen molar-refractivity contribution < 1.29 is 22.6 Å². The van der Waals surface area contributed by atoms with Gasteiger partial charge in [0.1, 0.15) is 4.90 Å². The second-order valence-electron chi connectivity index (χ2n) is 9.02. The van der Waals surface area contributed by atoms with E-state index in [0.29, 0.717) is 18.5 Å². The molecule has 0 radical (unpaired) electrons. The maximum Gasteiger partial charge on any atom is 0.296 e. The van der Waals surface area contributed by atoms with Crippen molar-refractivity contribution in [3.8, 4) is 0 Å². The van der Waals surface area contributed by atoms with Gasteiger partial charge in [0, 0.05) is 18.5 Å². The standard InChI is InChI=1S/C26H44N2O5S/c1-3-5-7-9-11-13-15-17-25(29)27-22-19-20-24(34(31,32)33)23(21-22)28-26(30)18-16-14-12-10-8-6-4-2/h19-21H,3-18H2,1-2H3,(H,27,29)(H,28,30)(H,31,32,33). The minimum absolute atomic E-state index is 0.0239. The largest absolute Gasteiger partial charge is 0.326 e. The fourth-order valence-corrected chi connectivity index (χ4v) is 4.48. The predicted octanol–water partition coefficient (Wildman–Crippen LogP) is 7.09. The second kappa shape index (κ2) is 17.5. The number of unbranched alkanes of at least 4 members (excludes halogenated alkanes) is 12. The van der Waals surface area contributed by atoms with Gasteiger partial charge in [0.25, 0.3) is 10.1 Å². The monoisotopic (exact) mass is 496 g/mol. The topological polar surface area (TPSA) is 113 Å². The average Bonchev–Trinajstić information content (AvgIpc) is 2.77. The van der Waals surface area contributed by atoms with E-state index in [1.165, 1.54) is 63.1 Å². The van der Waals surface area contributed by atoms with Gasteiger partial charge in [0.2, 0.25) is 11.8 Å². The number of rotatable bonds is 19. The van der Waals surface area contributed by atoms with Gasteiger partial charge >= 0.3 is 0 Å². The van der Waals surface area contributed by atoms with Crippen LogP contribution in [0.3, 0.4) is 0 Å². The summed E-state index contributed by atoms with van der Waals surface area (Å²) in [5.74, 6) is -0.474. The van der Waals surface area contributed by atoms with Crippen molar-refractivity contribution in [1.29, 1.82) is 0 Å². The molecule has 1 aromatic carbocycles. The Kier molecular flexibility index (Phi) is 15.5. The average molecular weight is 497 g/mol. The van der Waals surface area contributed by atoms with E-state index in [1.54, 1.807) is 0 Å². The summed E-state index contributed by atoms with van der Waals surface area (Å²) < 4.78 is 33.0. The predicted molar refractivity (Wildman–Crippen MR) is 139 cm³/mol. The zero-order valence-electron chi connectivity index (χ0n) is 21.0. The summed E-state index contributed by atoms with van der Waals surface area (Å²) >= 11 is 0. The quantitative estimate of drug-likeness (QED) is 0.140. The van der Waals surface area contributed by atoms with Crippen molar-refractivity contribution in [2.24, 2.45) is 0 Å². The van der Waals surface area contributed by atoms with E-state index in [2.05, 4.69) is 24.5 Å². The SMILES string of the molecule is CCCCCCCCCC(=O)Nc1ccc(S(=O)(=O)O)c(NC(=O)CCCCCCCCC)c1. The van der Waals surface area contributed by atoms with Crippen LogP contribution in [0.5, 0.6) is 0 Å². The van der Waals surface area contributed by atoms with Crippen LogP contribution in [0.25, 0.3) is 0 Å². The molecule has 1 aromatic rings. The lowest BCUT2D eigenvalue weighted by molar-refractivity contribution is -0.117. The van der Waals surface area contributed by atoms with Crippen molar-refractivity contribution in [3.63, 3.8) is 0 Å². The Bertz CT molecular complexity index is 840. The fraction of sp³-hybridized carbons (Fsp3) is 0.692. The number of nitrogens with one attached hydrogen (secondary N) is 2. The first-order chi connectivity index (χ1) is 16.3. The van der Waals surface area contributed by atoms with Gasteiger partial charge in [-0.15, -0.1) is 0 Å². The summed E-state index contributed by atoms with van der Waals surface area (Å²) in [7, 11) is -4.52. The molecule has 0 fully saturated rings. The van der Waals surface area contributed by atoms with Gasteiger partial charge in [-0.25, -0.2) is 0 Å². The lowest BCUT2D eigenvalue weighted by atomic mass is 10.1. The molecule has 3 N–H and O–H groups in total. The van der Waals surface area contributed by atoms with E-state index >= 15 is 0 Å². The van der Waals surface area contributed by atoms with Crippen LogP contribution in [0.1, 0.15) is 117 Å². The van der Waals surface area contributed by atoms with E-state index in [-0.39, 0.29) is 28.8 Å². The third-order valence-corrected chi connectivity index (χ3v) is 6.74. The number of carbonyl (C=O) groups is 2. The number of benzene rings is 1. The van der Waals surface area contributed by atoms with Crippen LogP contribution in [-0.2, 0) is 19.7 Å². The number of hydrogen-bond donors (Lipinski definition) is 3. The van der Waals surface area contributed by atoms with Crippen molar-refractivity contribution in [1.82, 2.24) is 0 Å². The first-order valence-corrected chi connectivity index (χ1v) is 14.4. The zero-order chi connectivity index (χ0) is 25.2. The summed E-state index contributed by atoms with van der Waals surface area (Å²) in [5.41, 5.74) is 0.357. The van der Waals surface area contributed by atoms with E-state index in [0.717, 1.165) is 38.5 Å². The maximum atomic E-state index is 12.4. The molecule has 0 unspecified atom stereocenters. The molecule has 1 rings (SSSR count). The van der Waals surface area contributed by atoms with Crippen LogP contribution < -0.4 is 10.6 Å². The normalized spacial score (nSPS) is 11.4. The van der Waals surface area contributed by atoms with Gasteiger partial charge in [-0.1, -0.05) is 90.9 Å². The first kappa shape index (κ1) is 30.1. The van der Waals surface area contributed by atoms with E-state index in [4.69, 9.17) is 0 Å². The molecule has 0 aliphatic carbocycles. The van der Waals surface area contributed by atoms with Crippen LogP contribution in [0.4, 0.5) is 11.4 Å². The molecule has 0 aromatic heterocycles. The van der Waals surface area contributed by atoms with Crippen molar-refractivity contribution in [3.05, 3.63) is 18.2 Å². The van der Waals surface area contributed by atoms with Crippen molar-refractivity contribution in [2.45, 2.75) is 121 Å². The Morgan fingerprint density at radius 2 is 1.15 bits per heavy atom. The van der Waals surface area contributed by atoms with Gasteiger partial charge in [0.15, 0.2) is 0 Å². The highest BCUT2D eigenvalue weighted by molar-refractivity contribution is 7.86. The van der Waals surface area contributed by atoms with Crippen LogP contribution in [0, 0.1) is 0 Å². The Labute approximate surface area is 206 Å². The molecular formula is C26H44N2O5S. The van der Waals surface area contributed by atoms with Crippen LogP contribution in [0.15, 0.2) is 23.1 Å². The Balaban J connectivity index is 2.57. The number of hydrogen-bond acceptors (Lipinski definition) is 4. The highest BCUT2D eigenvalue weighted by Crippen LogP contribution is 2.26. The van der Waals surface area contributed by atoms with Gasteiger partial charge in [-0.3, -0.25) is 14.1 Å². The molecule has 0 heterocycles. The summed E-state index contributed by atoms with van der Waals surface area (Å²) in [6.45, 7) is 4.35. The smallest absolute Gasteiger partial charge is 0.296 e. The molecule has 0 saturated heterocycles.